The van der Waals surface area contributed by atoms with Crippen molar-refractivity contribution in [3.05, 3.63) is 23.3 Å². The molecule has 3 N–H and O–H groups in total. The van der Waals surface area contributed by atoms with E-state index in [9.17, 15) is 29.7 Å². The average Bonchev–Trinajstić information content (AvgIpc) is 3.13. The number of carbonyl (C=O) groups excluding carboxylic acids is 3. The number of ketones is 1. The van der Waals surface area contributed by atoms with E-state index >= 15 is 0 Å². The van der Waals surface area contributed by atoms with Gasteiger partial charge in [0.15, 0.2) is 17.5 Å². The van der Waals surface area contributed by atoms with Crippen molar-refractivity contribution in [3.63, 3.8) is 0 Å². The number of ether oxygens (including phenoxy) is 2. The van der Waals surface area contributed by atoms with Crippen molar-refractivity contribution in [3.8, 4) is 0 Å². The summed E-state index contributed by atoms with van der Waals surface area (Å²) in [4.78, 5) is 39.0. The highest BCUT2D eigenvalue weighted by Gasteiger charge is 2.83. The van der Waals surface area contributed by atoms with Gasteiger partial charge in [-0.3, -0.25) is 14.4 Å². The number of rotatable bonds is 5. The third kappa shape index (κ3) is 2.85. The molecule has 8 atom stereocenters. The van der Waals surface area contributed by atoms with Gasteiger partial charge in [-0.25, -0.2) is 0 Å². The molecule has 0 aliphatic heterocycles. The Morgan fingerprint density at radius 1 is 1.26 bits per heavy atom. The van der Waals surface area contributed by atoms with Crippen LogP contribution in [0.1, 0.15) is 60.8 Å². The van der Waals surface area contributed by atoms with Gasteiger partial charge in [-0.1, -0.05) is 39.8 Å². The Kier molecular flexibility index (Phi) is 5.70. The van der Waals surface area contributed by atoms with Gasteiger partial charge in [0.05, 0.1) is 12.0 Å². The molecule has 0 heterocycles. The summed E-state index contributed by atoms with van der Waals surface area (Å²) in [5.74, 6) is -3.06. The highest BCUT2D eigenvalue weighted by molar-refractivity contribution is 5.96. The maximum atomic E-state index is 14.4. The zero-order valence-electron chi connectivity index (χ0n) is 20.8. The summed E-state index contributed by atoms with van der Waals surface area (Å²) in [6.45, 7) is 9.96. The van der Waals surface area contributed by atoms with Crippen LogP contribution in [0, 0.1) is 28.6 Å². The molecule has 0 amide bonds. The first-order valence-electron chi connectivity index (χ1n) is 12.1. The monoisotopic (exact) mass is 476 g/mol. The normalized spacial score (nSPS) is 44.0. The quantitative estimate of drug-likeness (QED) is 0.405. The van der Waals surface area contributed by atoms with Gasteiger partial charge in [0.2, 0.25) is 0 Å². The minimum atomic E-state index is -2.21. The van der Waals surface area contributed by atoms with Gasteiger partial charge >= 0.3 is 11.9 Å². The van der Waals surface area contributed by atoms with Crippen LogP contribution in [0.25, 0.3) is 0 Å². The molecule has 0 radical (unpaired) electrons. The van der Waals surface area contributed by atoms with E-state index in [0.717, 1.165) is 0 Å². The van der Waals surface area contributed by atoms with Crippen LogP contribution in [0.15, 0.2) is 23.3 Å². The highest BCUT2D eigenvalue weighted by Crippen LogP contribution is 2.75. The van der Waals surface area contributed by atoms with Crippen LogP contribution in [0.4, 0.5) is 0 Å². The van der Waals surface area contributed by atoms with Gasteiger partial charge in [0, 0.05) is 30.6 Å². The van der Waals surface area contributed by atoms with Crippen LogP contribution in [0.3, 0.4) is 0 Å². The van der Waals surface area contributed by atoms with Crippen molar-refractivity contribution in [2.75, 3.05) is 6.61 Å². The fourth-order valence-electron chi connectivity index (χ4n) is 7.54. The van der Waals surface area contributed by atoms with Gasteiger partial charge in [-0.05, 0) is 36.8 Å². The Hall–Kier alpha value is -2.03. The van der Waals surface area contributed by atoms with Crippen LogP contribution in [0.2, 0.25) is 0 Å². The summed E-state index contributed by atoms with van der Waals surface area (Å²) in [5.41, 5.74) is -4.69. The van der Waals surface area contributed by atoms with E-state index in [4.69, 9.17) is 9.47 Å². The number of aliphatic hydroxyl groups excluding tert-OH is 2. The third-order valence-corrected chi connectivity index (χ3v) is 9.05. The Morgan fingerprint density at radius 3 is 2.47 bits per heavy atom. The highest BCUT2D eigenvalue weighted by atomic mass is 16.6. The molecular formula is C26H36O8. The molecule has 2 fully saturated rings. The smallest absolute Gasteiger partial charge is 0.306 e. The van der Waals surface area contributed by atoms with Crippen LogP contribution >= 0.6 is 0 Å². The summed E-state index contributed by atoms with van der Waals surface area (Å²) in [6.07, 6.45) is 1.26. The van der Waals surface area contributed by atoms with Crippen LogP contribution in [0.5, 0.6) is 0 Å². The summed E-state index contributed by atoms with van der Waals surface area (Å²) in [5, 5.41) is 33.9. The minimum absolute atomic E-state index is 0.0934. The van der Waals surface area contributed by atoms with E-state index in [1.165, 1.54) is 13.0 Å². The average molecular weight is 477 g/mol. The van der Waals surface area contributed by atoms with Crippen molar-refractivity contribution in [1.29, 1.82) is 0 Å². The Labute approximate surface area is 200 Å². The molecule has 4 aliphatic rings. The lowest BCUT2D eigenvalue weighted by Crippen LogP contribution is -2.66. The topological polar surface area (TPSA) is 130 Å². The first kappa shape index (κ1) is 25.1. The fraction of sp³-hybridized carbons (Fsp3) is 0.731. The molecule has 2 bridgehead atoms. The Morgan fingerprint density at radius 2 is 1.91 bits per heavy atom. The summed E-state index contributed by atoms with van der Waals surface area (Å²) >= 11 is 0. The van der Waals surface area contributed by atoms with Gasteiger partial charge in [0.1, 0.15) is 11.7 Å². The zero-order chi connectivity index (χ0) is 25.4. The molecule has 4 rings (SSSR count). The first-order chi connectivity index (χ1) is 15.8. The lowest BCUT2D eigenvalue weighted by atomic mass is 9.59. The molecule has 1 spiro atoms. The fourth-order valence-corrected chi connectivity index (χ4v) is 7.54. The number of Topliss-reactive ketones (excluding diaryl/α,β-unsaturated/α-hetero) is 1. The lowest BCUT2D eigenvalue weighted by Gasteiger charge is -2.49. The number of hydrogen-bond donors (Lipinski definition) is 3. The maximum absolute atomic E-state index is 14.4. The number of carbonyl (C=O) groups is 3. The van der Waals surface area contributed by atoms with E-state index in [1.54, 1.807) is 19.9 Å². The zero-order valence-corrected chi connectivity index (χ0v) is 20.8. The molecule has 2 unspecified atom stereocenters. The van der Waals surface area contributed by atoms with Gasteiger partial charge in [-0.15, -0.1) is 0 Å². The summed E-state index contributed by atoms with van der Waals surface area (Å²) < 4.78 is 11.6. The third-order valence-electron chi connectivity index (χ3n) is 9.05. The van der Waals surface area contributed by atoms with Crippen LogP contribution < -0.4 is 0 Å². The van der Waals surface area contributed by atoms with E-state index in [-0.39, 0.29) is 23.7 Å². The molecule has 8 heteroatoms. The summed E-state index contributed by atoms with van der Waals surface area (Å²) in [7, 11) is 0. The van der Waals surface area contributed by atoms with Gasteiger partial charge in [-0.2, -0.15) is 0 Å². The second-order valence-corrected chi connectivity index (χ2v) is 11.2. The molecule has 188 valence electrons. The molecule has 2 saturated carbocycles. The Balaban J connectivity index is 1.94. The van der Waals surface area contributed by atoms with Gasteiger partial charge < -0.3 is 24.8 Å². The van der Waals surface area contributed by atoms with Crippen LogP contribution in [-0.2, 0) is 23.9 Å². The minimum Gasteiger partial charge on any atom is -0.458 e. The molecule has 0 aromatic rings. The van der Waals surface area contributed by atoms with E-state index in [0.29, 0.717) is 18.4 Å². The molecule has 4 aliphatic carbocycles. The molecule has 8 nitrogen and oxygen atoms in total. The molecule has 0 aromatic heterocycles. The number of esters is 2. The largest absolute Gasteiger partial charge is 0.458 e. The predicted octanol–water partition coefficient (Wildman–Crippen LogP) is 1.85. The number of hydrogen-bond acceptors (Lipinski definition) is 8. The number of aliphatic hydroxyl groups is 3. The Bertz CT molecular complexity index is 995. The van der Waals surface area contributed by atoms with Crippen molar-refractivity contribution < 1.29 is 39.2 Å². The van der Waals surface area contributed by atoms with E-state index in [1.807, 2.05) is 20.8 Å². The van der Waals surface area contributed by atoms with Crippen molar-refractivity contribution in [1.82, 2.24) is 0 Å². The summed E-state index contributed by atoms with van der Waals surface area (Å²) in [6, 6.07) is 0. The maximum Gasteiger partial charge on any atom is 0.306 e. The van der Waals surface area contributed by atoms with Gasteiger partial charge in [0.25, 0.3) is 0 Å². The second-order valence-electron chi connectivity index (χ2n) is 11.2. The SMILES string of the molecule is CCCC(=O)O[C@H]1C(C)=CC23C(=O)[C@@H](C=C(CO)[C@@H](O)[C@]12O)[C@@H]1C(C)(C)[C@]1(OC(C)=O)CC3C. The molecule has 0 aromatic carbocycles. The predicted molar refractivity (Wildman–Crippen MR) is 121 cm³/mol. The second kappa shape index (κ2) is 7.73. The van der Waals surface area contributed by atoms with Crippen molar-refractivity contribution >= 4 is 17.7 Å². The van der Waals surface area contributed by atoms with Crippen molar-refractivity contribution in [2.24, 2.45) is 28.6 Å². The van der Waals surface area contributed by atoms with E-state index in [2.05, 4.69) is 0 Å². The first-order valence-corrected chi connectivity index (χ1v) is 12.1. The molecule has 34 heavy (non-hydrogen) atoms. The van der Waals surface area contributed by atoms with Crippen molar-refractivity contribution in [2.45, 2.75) is 84.2 Å². The molecule has 0 saturated heterocycles. The van der Waals surface area contributed by atoms with E-state index < -0.39 is 64.6 Å². The van der Waals surface area contributed by atoms with Crippen LogP contribution in [-0.4, -0.2) is 63.1 Å². The number of allylic oxidation sites excluding steroid dienone is 1. The standard InChI is InChI=1S/C26H36O8/c1-7-8-18(29)33-22-13(2)10-24-14(3)11-25(34-15(4)28)19(23(25,5)6)17(21(24)31)9-16(12-27)20(30)26(22,24)32/h9-10,14,17,19-20,22,27,30,32H,7-8,11-12H2,1-6H3/t14?,17-,19+,20+,22-,24?,25-,26-/m0/s1. The lowest BCUT2D eigenvalue weighted by molar-refractivity contribution is -0.204. The molecular weight excluding hydrogens is 440 g/mol. The number of fused-ring (bicyclic) bond motifs is 3.